The lowest BCUT2D eigenvalue weighted by Gasteiger charge is -2.28. The van der Waals surface area contributed by atoms with E-state index in [-0.39, 0.29) is 4.08 Å². The van der Waals surface area contributed by atoms with Crippen molar-refractivity contribution in [2.45, 2.75) is 16.9 Å². The fourth-order valence-corrected chi connectivity index (χ4v) is 6.93. The number of likely N-dealkylation sites (tertiary alicyclic amines) is 1. The zero-order valence-corrected chi connectivity index (χ0v) is 16.2. The maximum Gasteiger partial charge on any atom is 0.119 e. The van der Waals surface area contributed by atoms with Gasteiger partial charge in [0.1, 0.15) is 16.4 Å². The molecule has 0 atom stereocenters. The van der Waals surface area contributed by atoms with Crippen LogP contribution in [0.4, 0.5) is 0 Å². The van der Waals surface area contributed by atoms with Crippen molar-refractivity contribution in [1.29, 1.82) is 0 Å². The number of rotatable bonds is 6. The van der Waals surface area contributed by atoms with Crippen LogP contribution in [0.25, 0.3) is 0 Å². The average molecular weight is 372 g/mol. The molecular formula is C21H25NOS2. The molecule has 2 aromatic rings. The molecule has 25 heavy (non-hydrogen) atoms. The molecule has 0 aliphatic carbocycles. The van der Waals surface area contributed by atoms with Crippen LogP contribution in [0.5, 0.6) is 5.75 Å². The molecule has 4 rings (SSSR count). The number of benzene rings is 2. The standard InChI is InChI=1S/C21H25NOS2/c1-2-6-18(7-3-1)21(24-16-17-25-21)19-8-10-20(11-9-19)23-15-14-22-12-4-5-13-22/h1-3,6-11H,4-5,12-17H2. The summed E-state index contributed by atoms with van der Waals surface area (Å²) in [5, 5.41) is 0. The first-order valence-electron chi connectivity index (χ1n) is 9.16. The van der Waals surface area contributed by atoms with Crippen LogP contribution >= 0.6 is 23.5 Å². The molecule has 2 aliphatic rings. The van der Waals surface area contributed by atoms with Crippen LogP contribution in [-0.2, 0) is 4.08 Å². The molecule has 132 valence electrons. The van der Waals surface area contributed by atoms with Gasteiger partial charge in [-0.15, -0.1) is 23.5 Å². The van der Waals surface area contributed by atoms with E-state index in [4.69, 9.17) is 4.74 Å². The molecule has 0 bridgehead atoms. The SMILES string of the molecule is c1ccc(C2(c3ccc(OCCN4CCCC4)cc3)SCCS2)cc1. The molecule has 2 aromatic carbocycles. The van der Waals surface area contributed by atoms with E-state index in [1.54, 1.807) is 0 Å². The van der Waals surface area contributed by atoms with Crippen molar-refractivity contribution in [1.82, 2.24) is 4.90 Å². The molecule has 0 N–H and O–H groups in total. The van der Waals surface area contributed by atoms with Gasteiger partial charge in [-0.2, -0.15) is 0 Å². The van der Waals surface area contributed by atoms with Crippen molar-refractivity contribution < 1.29 is 4.74 Å². The van der Waals surface area contributed by atoms with Crippen LogP contribution in [0.15, 0.2) is 54.6 Å². The van der Waals surface area contributed by atoms with Gasteiger partial charge in [0.05, 0.1) is 0 Å². The maximum atomic E-state index is 5.97. The molecule has 0 spiro atoms. The Kier molecular flexibility index (Phi) is 5.59. The largest absolute Gasteiger partial charge is 0.492 e. The molecule has 2 aliphatic heterocycles. The lowest BCUT2D eigenvalue weighted by Crippen LogP contribution is -2.25. The Bertz CT molecular complexity index is 662. The summed E-state index contributed by atoms with van der Waals surface area (Å²) in [5.74, 6) is 3.39. The third-order valence-corrected chi connectivity index (χ3v) is 8.49. The first-order chi connectivity index (χ1) is 12.4. The second-order valence-electron chi connectivity index (χ2n) is 6.60. The molecular weight excluding hydrogens is 346 g/mol. The summed E-state index contributed by atoms with van der Waals surface area (Å²) in [5.41, 5.74) is 2.77. The number of hydrogen-bond acceptors (Lipinski definition) is 4. The van der Waals surface area contributed by atoms with Crippen LogP contribution in [0, 0.1) is 0 Å². The lowest BCUT2D eigenvalue weighted by molar-refractivity contribution is 0.238. The minimum absolute atomic E-state index is 0.0370. The van der Waals surface area contributed by atoms with Crippen molar-refractivity contribution in [2.24, 2.45) is 0 Å². The van der Waals surface area contributed by atoms with Gasteiger partial charge in [-0.1, -0.05) is 42.5 Å². The summed E-state index contributed by atoms with van der Waals surface area (Å²) in [6.07, 6.45) is 2.68. The minimum atomic E-state index is 0.0370. The Morgan fingerprint density at radius 1 is 0.840 bits per heavy atom. The molecule has 0 radical (unpaired) electrons. The summed E-state index contributed by atoms with van der Waals surface area (Å²) < 4.78 is 6.01. The van der Waals surface area contributed by atoms with Gasteiger partial charge >= 0.3 is 0 Å². The highest BCUT2D eigenvalue weighted by atomic mass is 32.2. The summed E-state index contributed by atoms with van der Waals surface area (Å²) in [6.45, 7) is 4.29. The number of ether oxygens (including phenoxy) is 1. The molecule has 2 nitrogen and oxygen atoms in total. The third-order valence-electron chi connectivity index (χ3n) is 4.96. The third kappa shape index (κ3) is 3.86. The van der Waals surface area contributed by atoms with Gasteiger partial charge in [-0.25, -0.2) is 0 Å². The zero-order valence-electron chi connectivity index (χ0n) is 14.5. The first kappa shape index (κ1) is 17.3. The summed E-state index contributed by atoms with van der Waals surface area (Å²) in [4.78, 5) is 2.49. The van der Waals surface area contributed by atoms with E-state index in [1.165, 1.54) is 48.6 Å². The summed E-state index contributed by atoms with van der Waals surface area (Å²) in [7, 11) is 0. The topological polar surface area (TPSA) is 12.5 Å². The Morgan fingerprint density at radius 3 is 2.16 bits per heavy atom. The first-order valence-corrected chi connectivity index (χ1v) is 11.1. The van der Waals surface area contributed by atoms with Crippen LogP contribution in [0.3, 0.4) is 0 Å². The highest BCUT2D eigenvalue weighted by Crippen LogP contribution is 2.56. The molecule has 0 saturated carbocycles. The molecule has 0 aromatic heterocycles. The monoisotopic (exact) mass is 371 g/mol. The summed E-state index contributed by atoms with van der Waals surface area (Å²) >= 11 is 4.10. The second-order valence-corrected chi connectivity index (χ2v) is 9.48. The van der Waals surface area contributed by atoms with Crippen LogP contribution in [0.2, 0.25) is 0 Å². The Morgan fingerprint density at radius 2 is 1.48 bits per heavy atom. The van der Waals surface area contributed by atoms with E-state index in [0.717, 1.165) is 18.9 Å². The second kappa shape index (κ2) is 8.07. The van der Waals surface area contributed by atoms with Crippen LogP contribution < -0.4 is 4.74 Å². The quantitative estimate of drug-likeness (QED) is 0.720. The van der Waals surface area contributed by atoms with E-state index in [1.807, 2.05) is 0 Å². The molecule has 4 heteroatoms. The van der Waals surface area contributed by atoms with Crippen LogP contribution in [0.1, 0.15) is 24.0 Å². The van der Waals surface area contributed by atoms with E-state index in [9.17, 15) is 0 Å². The van der Waals surface area contributed by atoms with Gasteiger partial charge in [0.15, 0.2) is 0 Å². The summed E-state index contributed by atoms with van der Waals surface area (Å²) in [6, 6.07) is 19.7. The predicted molar refractivity (Wildman–Crippen MR) is 110 cm³/mol. The van der Waals surface area contributed by atoms with Gasteiger partial charge in [-0.05, 0) is 49.2 Å². The fraction of sp³-hybridized carbons (Fsp3) is 0.429. The van der Waals surface area contributed by atoms with Gasteiger partial charge in [-0.3, -0.25) is 4.90 Å². The number of thioether (sulfide) groups is 2. The zero-order chi connectivity index (χ0) is 17.0. The van der Waals surface area contributed by atoms with E-state index in [0.29, 0.717) is 0 Å². The van der Waals surface area contributed by atoms with Crippen molar-refractivity contribution in [2.75, 3.05) is 37.7 Å². The Labute approximate surface area is 159 Å². The van der Waals surface area contributed by atoms with Crippen molar-refractivity contribution in [3.05, 3.63) is 65.7 Å². The van der Waals surface area contributed by atoms with Crippen molar-refractivity contribution in [3.8, 4) is 5.75 Å². The smallest absolute Gasteiger partial charge is 0.119 e. The normalized spacial score (nSPS) is 20.0. The highest BCUT2D eigenvalue weighted by Gasteiger charge is 2.39. The van der Waals surface area contributed by atoms with Crippen LogP contribution in [-0.4, -0.2) is 42.6 Å². The van der Waals surface area contributed by atoms with Crippen molar-refractivity contribution >= 4 is 23.5 Å². The average Bonchev–Trinajstić information content (AvgIpc) is 3.36. The lowest BCUT2D eigenvalue weighted by atomic mass is 10.0. The molecule has 0 unspecified atom stereocenters. The minimum Gasteiger partial charge on any atom is -0.492 e. The van der Waals surface area contributed by atoms with E-state index < -0.39 is 0 Å². The van der Waals surface area contributed by atoms with E-state index in [2.05, 4.69) is 83.0 Å². The fourth-order valence-electron chi connectivity index (χ4n) is 3.64. The molecule has 2 heterocycles. The van der Waals surface area contributed by atoms with Gasteiger partial charge in [0.25, 0.3) is 0 Å². The van der Waals surface area contributed by atoms with Gasteiger partial charge in [0.2, 0.25) is 0 Å². The van der Waals surface area contributed by atoms with Gasteiger partial charge < -0.3 is 4.74 Å². The molecule has 2 fully saturated rings. The number of hydrogen-bond donors (Lipinski definition) is 0. The van der Waals surface area contributed by atoms with Crippen molar-refractivity contribution in [3.63, 3.8) is 0 Å². The van der Waals surface area contributed by atoms with Gasteiger partial charge in [0, 0.05) is 18.1 Å². The Balaban J connectivity index is 1.45. The number of nitrogens with zero attached hydrogens (tertiary/aromatic N) is 1. The van der Waals surface area contributed by atoms with E-state index >= 15 is 0 Å². The maximum absolute atomic E-state index is 5.97. The highest BCUT2D eigenvalue weighted by molar-refractivity contribution is 8.20. The predicted octanol–water partition coefficient (Wildman–Crippen LogP) is 4.84. The molecule has 0 amide bonds. The molecule has 2 saturated heterocycles. The Hall–Kier alpha value is -1.10.